The van der Waals surface area contributed by atoms with Gasteiger partial charge in [0.2, 0.25) is 0 Å². The molecule has 2 rings (SSSR count). The zero-order chi connectivity index (χ0) is 11.5. The first-order valence-electron chi connectivity index (χ1n) is 6.13. The monoisotopic (exact) mass is 219 g/mol. The number of anilines is 2. The van der Waals surface area contributed by atoms with Crippen molar-refractivity contribution in [2.75, 3.05) is 11.1 Å². The van der Waals surface area contributed by atoms with Gasteiger partial charge in [0.1, 0.15) is 5.82 Å². The Morgan fingerprint density at radius 3 is 2.88 bits per heavy atom. The Kier molecular flexibility index (Phi) is 3.32. The molecule has 3 N–H and O–H groups in total. The molecule has 0 spiro atoms. The fourth-order valence-corrected chi connectivity index (χ4v) is 2.63. The van der Waals surface area contributed by atoms with Crippen LogP contribution in [0.4, 0.5) is 11.5 Å². The van der Waals surface area contributed by atoms with E-state index in [-0.39, 0.29) is 0 Å². The van der Waals surface area contributed by atoms with Crippen LogP contribution >= 0.6 is 0 Å². The number of nitrogens with two attached hydrogens (primary N) is 1. The van der Waals surface area contributed by atoms with Crippen LogP contribution in [0.25, 0.3) is 0 Å². The first-order valence-corrected chi connectivity index (χ1v) is 6.13. The van der Waals surface area contributed by atoms with Gasteiger partial charge in [0.25, 0.3) is 0 Å². The highest BCUT2D eigenvalue weighted by atomic mass is 14.9. The van der Waals surface area contributed by atoms with Gasteiger partial charge >= 0.3 is 0 Å². The van der Waals surface area contributed by atoms with Crippen molar-refractivity contribution in [2.45, 2.75) is 39.2 Å². The lowest BCUT2D eigenvalue weighted by Crippen LogP contribution is -2.33. The van der Waals surface area contributed by atoms with Crippen molar-refractivity contribution in [2.24, 2.45) is 11.8 Å². The zero-order valence-electron chi connectivity index (χ0n) is 10.1. The van der Waals surface area contributed by atoms with Gasteiger partial charge in [-0.15, -0.1) is 0 Å². The fourth-order valence-electron chi connectivity index (χ4n) is 2.63. The Morgan fingerprint density at radius 2 is 2.19 bits per heavy atom. The largest absolute Gasteiger partial charge is 0.384 e. The summed E-state index contributed by atoms with van der Waals surface area (Å²) < 4.78 is 0. The highest BCUT2D eigenvalue weighted by Gasteiger charge is 2.24. The first kappa shape index (κ1) is 11.2. The standard InChI is InChI=1S/C13H21N3/c1-9-3-4-12(10(2)7-9)16-11-5-6-15-13(14)8-11/h5-6,8-10,12H,3-4,7H2,1-2H3,(H3,14,15,16). The third-order valence-corrected chi connectivity index (χ3v) is 3.56. The minimum Gasteiger partial charge on any atom is -0.384 e. The lowest BCUT2D eigenvalue weighted by Gasteiger charge is -2.33. The van der Waals surface area contributed by atoms with E-state index in [4.69, 9.17) is 5.73 Å². The van der Waals surface area contributed by atoms with Gasteiger partial charge in [-0.1, -0.05) is 13.8 Å². The number of nitrogen functional groups attached to an aromatic ring is 1. The molecule has 3 heteroatoms. The number of hydrogen-bond donors (Lipinski definition) is 2. The molecule has 1 heterocycles. The number of pyridine rings is 1. The Labute approximate surface area is 97.5 Å². The van der Waals surface area contributed by atoms with Crippen molar-refractivity contribution in [3.05, 3.63) is 18.3 Å². The zero-order valence-corrected chi connectivity index (χ0v) is 10.1. The smallest absolute Gasteiger partial charge is 0.125 e. The van der Waals surface area contributed by atoms with Crippen LogP contribution in [0.15, 0.2) is 18.3 Å². The molecule has 1 aromatic rings. The van der Waals surface area contributed by atoms with E-state index in [0.717, 1.165) is 17.5 Å². The van der Waals surface area contributed by atoms with Crippen molar-refractivity contribution in [1.29, 1.82) is 0 Å². The summed E-state index contributed by atoms with van der Waals surface area (Å²) in [6.45, 7) is 4.68. The fraction of sp³-hybridized carbons (Fsp3) is 0.615. The van der Waals surface area contributed by atoms with Crippen LogP contribution in [-0.2, 0) is 0 Å². The quantitative estimate of drug-likeness (QED) is 0.804. The van der Waals surface area contributed by atoms with Gasteiger partial charge in [0.05, 0.1) is 0 Å². The Balaban J connectivity index is 1.99. The average Bonchev–Trinajstić information content (AvgIpc) is 2.22. The molecule has 0 bridgehead atoms. The minimum absolute atomic E-state index is 0.581. The van der Waals surface area contributed by atoms with E-state index < -0.39 is 0 Å². The molecule has 0 amide bonds. The van der Waals surface area contributed by atoms with E-state index in [2.05, 4.69) is 24.1 Å². The topological polar surface area (TPSA) is 50.9 Å². The second-order valence-corrected chi connectivity index (χ2v) is 5.12. The second kappa shape index (κ2) is 4.73. The van der Waals surface area contributed by atoms with Crippen LogP contribution in [0.2, 0.25) is 0 Å². The molecule has 0 aliphatic heterocycles. The molecule has 1 saturated carbocycles. The lowest BCUT2D eigenvalue weighted by molar-refractivity contribution is 0.276. The molecule has 88 valence electrons. The number of aromatic nitrogens is 1. The van der Waals surface area contributed by atoms with Crippen molar-refractivity contribution in [3.8, 4) is 0 Å². The molecule has 16 heavy (non-hydrogen) atoms. The molecular formula is C13H21N3. The van der Waals surface area contributed by atoms with Crippen molar-refractivity contribution in [3.63, 3.8) is 0 Å². The molecule has 3 nitrogen and oxygen atoms in total. The number of nitrogens with one attached hydrogen (secondary N) is 1. The van der Waals surface area contributed by atoms with Gasteiger partial charge in [-0.25, -0.2) is 4.98 Å². The maximum atomic E-state index is 5.67. The van der Waals surface area contributed by atoms with Gasteiger partial charge in [-0.3, -0.25) is 0 Å². The summed E-state index contributed by atoms with van der Waals surface area (Å²) in [4.78, 5) is 4.00. The van der Waals surface area contributed by atoms with Crippen molar-refractivity contribution in [1.82, 2.24) is 4.98 Å². The number of nitrogens with zero attached hydrogens (tertiary/aromatic N) is 1. The maximum absolute atomic E-state index is 5.67. The summed E-state index contributed by atoms with van der Waals surface area (Å²) in [6.07, 6.45) is 5.65. The van der Waals surface area contributed by atoms with E-state index in [0.29, 0.717) is 11.9 Å². The molecule has 1 aliphatic carbocycles. The van der Waals surface area contributed by atoms with E-state index >= 15 is 0 Å². The molecule has 0 saturated heterocycles. The van der Waals surface area contributed by atoms with Crippen LogP contribution in [0.1, 0.15) is 33.1 Å². The normalized spacial score (nSPS) is 30.0. The highest BCUT2D eigenvalue weighted by Crippen LogP contribution is 2.30. The van der Waals surface area contributed by atoms with Gasteiger partial charge in [0.15, 0.2) is 0 Å². The van der Waals surface area contributed by atoms with Gasteiger partial charge in [-0.2, -0.15) is 0 Å². The van der Waals surface area contributed by atoms with E-state index in [1.807, 2.05) is 12.1 Å². The summed E-state index contributed by atoms with van der Waals surface area (Å²) in [5, 5.41) is 3.57. The first-order chi connectivity index (χ1) is 7.65. The van der Waals surface area contributed by atoms with E-state index in [1.165, 1.54) is 19.3 Å². The average molecular weight is 219 g/mol. The number of rotatable bonds is 2. The highest BCUT2D eigenvalue weighted by molar-refractivity contribution is 5.50. The molecular weight excluding hydrogens is 198 g/mol. The van der Waals surface area contributed by atoms with E-state index in [9.17, 15) is 0 Å². The van der Waals surface area contributed by atoms with Crippen LogP contribution in [0.5, 0.6) is 0 Å². The van der Waals surface area contributed by atoms with Gasteiger partial charge in [0, 0.05) is 24.0 Å². The third-order valence-electron chi connectivity index (χ3n) is 3.56. The second-order valence-electron chi connectivity index (χ2n) is 5.12. The molecule has 0 aromatic carbocycles. The third kappa shape index (κ3) is 2.65. The van der Waals surface area contributed by atoms with Crippen molar-refractivity contribution >= 4 is 11.5 Å². The summed E-state index contributed by atoms with van der Waals surface area (Å²) in [5.41, 5.74) is 6.77. The van der Waals surface area contributed by atoms with Crippen molar-refractivity contribution < 1.29 is 0 Å². The SMILES string of the molecule is CC1CCC(Nc2ccnc(N)c2)C(C)C1. The molecule has 0 radical (unpaired) electrons. The molecule has 3 unspecified atom stereocenters. The van der Waals surface area contributed by atoms with Crippen LogP contribution in [-0.4, -0.2) is 11.0 Å². The summed E-state index contributed by atoms with van der Waals surface area (Å²) >= 11 is 0. The lowest BCUT2D eigenvalue weighted by atomic mass is 9.80. The van der Waals surface area contributed by atoms with Crippen LogP contribution in [0, 0.1) is 11.8 Å². The maximum Gasteiger partial charge on any atom is 0.125 e. The Hall–Kier alpha value is -1.25. The van der Waals surface area contributed by atoms with E-state index in [1.54, 1.807) is 6.20 Å². The molecule has 1 aliphatic rings. The Bertz CT molecular complexity index is 351. The molecule has 3 atom stereocenters. The summed E-state index contributed by atoms with van der Waals surface area (Å²) in [5.74, 6) is 2.19. The molecule has 1 fully saturated rings. The molecule has 1 aromatic heterocycles. The summed E-state index contributed by atoms with van der Waals surface area (Å²) in [6, 6.07) is 4.48. The predicted octanol–water partition coefficient (Wildman–Crippen LogP) is 2.90. The predicted molar refractivity (Wildman–Crippen MR) is 68.2 cm³/mol. The van der Waals surface area contributed by atoms with Gasteiger partial charge in [-0.05, 0) is 37.2 Å². The summed E-state index contributed by atoms with van der Waals surface area (Å²) in [7, 11) is 0. The van der Waals surface area contributed by atoms with Gasteiger partial charge < -0.3 is 11.1 Å². The Morgan fingerprint density at radius 1 is 1.38 bits per heavy atom. The van der Waals surface area contributed by atoms with Crippen LogP contribution in [0.3, 0.4) is 0 Å². The number of hydrogen-bond acceptors (Lipinski definition) is 3. The van der Waals surface area contributed by atoms with Crippen LogP contribution < -0.4 is 11.1 Å². The minimum atomic E-state index is 0.581.